The van der Waals surface area contributed by atoms with E-state index in [9.17, 15) is 4.79 Å². The lowest BCUT2D eigenvalue weighted by Crippen LogP contribution is -2.43. The van der Waals surface area contributed by atoms with E-state index in [0.29, 0.717) is 22.7 Å². The number of amides is 1. The number of halogens is 1. The quantitative estimate of drug-likeness (QED) is 0.498. The van der Waals surface area contributed by atoms with Crippen LogP contribution < -0.4 is 4.90 Å². The first-order valence-electron chi connectivity index (χ1n) is 13.6. The maximum absolute atomic E-state index is 15.2. The molecule has 6 heteroatoms. The highest BCUT2D eigenvalue weighted by molar-refractivity contribution is 6.44. The van der Waals surface area contributed by atoms with E-state index in [2.05, 4.69) is 30.2 Å². The first kappa shape index (κ1) is 24.8. The van der Waals surface area contributed by atoms with Gasteiger partial charge in [0.15, 0.2) is 0 Å². The largest absolute Gasteiger partial charge is 0.371 e. The second-order valence-corrected chi connectivity index (χ2v) is 11.2. The molecule has 0 bridgehead atoms. The SMILES string of the molecule is C=C(/C=C1/N=C(C(=O)N2CCCCCC2C)C=C(C2(C)CC2)N1C)c1ccc(N2CCCC2)cc1F. The lowest BCUT2D eigenvalue weighted by atomic mass is 9.99. The van der Waals surface area contributed by atoms with Gasteiger partial charge in [-0.1, -0.05) is 26.3 Å². The molecule has 5 rings (SSSR count). The number of carbonyl (C=O) groups is 1. The Kier molecular flexibility index (Phi) is 6.80. The van der Waals surface area contributed by atoms with Crippen molar-refractivity contribution in [1.29, 1.82) is 0 Å². The average Bonchev–Trinajstić information content (AvgIpc) is 3.44. The Hall–Kier alpha value is -2.89. The molecule has 0 N–H and O–H groups in total. The zero-order valence-corrected chi connectivity index (χ0v) is 22.0. The maximum atomic E-state index is 15.2. The highest BCUT2D eigenvalue weighted by Gasteiger charge is 2.45. The summed E-state index contributed by atoms with van der Waals surface area (Å²) in [6, 6.07) is 5.62. The van der Waals surface area contributed by atoms with Crippen LogP contribution in [-0.2, 0) is 4.79 Å². The number of carbonyl (C=O) groups excluding carboxylic acids is 1. The molecule has 1 saturated carbocycles. The van der Waals surface area contributed by atoms with Crippen molar-refractivity contribution in [2.45, 2.75) is 71.3 Å². The number of likely N-dealkylation sites (tertiary alicyclic amines) is 1. The van der Waals surface area contributed by atoms with E-state index in [-0.39, 0.29) is 23.2 Å². The molecule has 1 aromatic carbocycles. The topological polar surface area (TPSA) is 39.2 Å². The Labute approximate surface area is 215 Å². The molecule has 0 radical (unpaired) electrons. The van der Waals surface area contributed by atoms with Crippen LogP contribution in [0.4, 0.5) is 10.1 Å². The zero-order chi connectivity index (χ0) is 25.4. The molecule has 1 aliphatic carbocycles. The average molecular weight is 491 g/mol. The fourth-order valence-electron chi connectivity index (χ4n) is 5.74. The molecule has 3 fully saturated rings. The van der Waals surface area contributed by atoms with E-state index in [4.69, 9.17) is 4.99 Å². The van der Waals surface area contributed by atoms with E-state index < -0.39 is 0 Å². The monoisotopic (exact) mass is 490 g/mol. The Morgan fingerprint density at radius 3 is 2.56 bits per heavy atom. The van der Waals surface area contributed by atoms with Crippen LogP contribution in [0.25, 0.3) is 5.57 Å². The second kappa shape index (κ2) is 9.87. The zero-order valence-electron chi connectivity index (χ0n) is 22.0. The summed E-state index contributed by atoms with van der Waals surface area (Å²) < 4.78 is 15.2. The first-order chi connectivity index (χ1) is 17.3. The summed E-state index contributed by atoms with van der Waals surface area (Å²) in [5, 5.41) is 0. The Bertz CT molecular complexity index is 1140. The third-order valence-electron chi connectivity index (χ3n) is 8.44. The van der Waals surface area contributed by atoms with Crippen molar-refractivity contribution in [2.24, 2.45) is 10.4 Å². The highest BCUT2D eigenvalue weighted by atomic mass is 19.1. The van der Waals surface area contributed by atoms with Crippen LogP contribution in [-0.4, -0.2) is 54.1 Å². The lowest BCUT2D eigenvalue weighted by molar-refractivity contribution is -0.125. The maximum Gasteiger partial charge on any atom is 0.272 e. The minimum absolute atomic E-state index is 0.00286. The van der Waals surface area contributed by atoms with E-state index in [1.165, 1.54) is 0 Å². The number of allylic oxidation sites excluding steroid dienone is 3. The van der Waals surface area contributed by atoms with Crippen molar-refractivity contribution >= 4 is 22.9 Å². The van der Waals surface area contributed by atoms with Crippen LogP contribution in [0.3, 0.4) is 0 Å². The molecular formula is C30H39FN4O. The Morgan fingerprint density at radius 1 is 1.14 bits per heavy atom. The summed E-state index contributed by atoms with van der Waals surface area (Å²) in [5.41, 5.74) is 3.58. The van der Waals surface area contributed by atoms with Crippen LogP contribution >= 0.6 is 0 Å². The Morgan fingerprint density at radius 2 is 1.86 bits per heavy atom. The van der Waals surface area contributed by atoms with Gasteiger partial charge in [0.25, 0.3) is 5.91 Å². The molecule has 192 valence electrons. The van der Waals surface area contributed by atoms with Gasteiger partial charge in [-0.05, 0) is 81.4 Å². The second-order valence-electron chi connectivity index (χ2n) is 11.2. The summed E-state index contributed by atoms with van der Waals surface area (Å²) >= 11 is 0. The number of anilines is 1. The molecule has 1 amide bonds. The van der Waals surface area contributed by atoms with Crippen molar-refractivity contribution < 1.29 is 9.18 Å². The molecule has 1 unspecified atom stereocenters. The van der Waals surface area contributed by atoms with Gasteiger partial charge in [-0.25, -0.2) is 9.38 Å². The van der Waals surface area contributed by atoms with Crippen molar-refractivity contribution in [3.05, 3.63) is 59.8 Å². The molecular weight excluding hydrogens is 451 g/mol. The van der Waals surface area contributed by atoms with Gasteiger partial charge in [0, 0.05) is 55.1 Å². The normalized spacial score (nSPS) is 24.9. The molecule has 36 heavy (non-hydrogen) atoms. The van der Waals surface area contributed by atoms with Gasteiger partial charge >= 0.3 is 0 Å². The third-order valence-corrected chi connectivity index (χ3v) is 8.44. The number of hydrogen-bond acceptors (Lipinski definition) is 4. The smallest absolute Gasteiger partial charge is 0.272 e. The van der Waals surface area contributed by atoms with Gasteiger partial charge in [-0.15, -0.1) is 0 Å². The van der Waals surface area contributed by atoms with Crippen LogP contribution in [0.2, 0.25) is 0 Å². The van der Waals surface area contributed by atoms with Gasteiger partial charge in [0.05, 0.1) is 0 Å². The van der Waals surface area contributed by atoms with Gasteiger partial charge in [-0.3, -0.25) is 4.79 Å². The molecule has 1 atom stereocenters. The number of nitrogens with zero attached hydrogens (tertiary/aromatic N) is 4. The van der Waals surface area contributed by atoms with Crippen molar-refractivity contribution in [3.63, 3.8) is 0 Å². The summed E-state index contributed by atoms with van der Waals surface area (Å²) in [5.74, 6) is 0.361. The first-order valence-corrected chi connectivity index (χ1v) is 13.6. The van der Waals surface area contributed by atoms with Crippen LogP contribution in [0.5, 0.6) is 0 Å². The summed E-state index contributed by atoms with van der Waals surface area (Å²) in [7, 11) is 1.99. The number of aliphatic imine (C=N–C) groups is 1. The van der Waals surface area contributed by atoms with Gasteiger partial charge in [0.1, 0.15) is 17.3 Å². The number of rotatable bonds is 5. The highest BCUT2D eigenvalue weighted by Crippen LogP contribution is 2.53. The minimum atomic E-state index is -0.275. The predicted molar refractivity (Wildman–Crippen MR) is 145 cm³/mol. The van der Waals surface area contributed by atoms with Crippen LogP contribution in [0, 0.1) is 11.2 Å². The molecule has 0 aromatic heterocycles. The van der Waals surface area contributed by atoms with Crippen molar-refractivity contribution in [1.82, 2.24) is 9.80 Å². The molecule has 3 aliphatic heterocycles. The van der Waals surface area contributed by atoms with Crippen molar-refractivity contribution in [3.8, 4) is 0 Å². The van der Waals surface area contributed by atoms with E-state index >= 15 is 4.39 Å². The lowest BCUT2D eigenvalue weighted by Gasteiger charge is -2.33. The van der Waals surface area contributed by atoms with Crippen LogP contribution in [0.15, 0.2) is 53.4 Å². The Balaban J connectivity index is 1.45. The minimum Gasteiger partial charge on any atom is -0.371 e. The predicted octanol–water partition coefficient (Wildman–Crippen LogP) is 6.14. The summed E-state index contributed by atoms with van der Waals surface area (Å²) in [6.45, 7) is 11.3. The van der Waals surface area contributed by atoms with Crippen molar-refractivity contribution in [2.75, 3.05) is 31.6 Å². The molecule has 4 aliphatic rings. The molecule has 2 saturated heterocycles. The molecule has 0 spiro atoms. The fraction of sp³-hybridized carbons (Fsp3) is 0.533. The molecule has 3 heterocycles. The van der Waals surface area contributed by atoms with E-state index in [1.54, 1.807) is 6.07 Å². The van der Waals surface area contributed by atoms with Gasteiger partial charge in [0.2, 0.25) is 0 Å². The van der Waals surface area contributed by atoms with Gasteiger partial charge in [-0.2, -0.15) is 0 Å². The third kappa shape index (κ3) is 4.87. The fourth-order valence-corrected chi connectivity index (χ4v) is 5.74. The number of benzene rings is 1. The van der Waals surface area contributed by atoms with Crippen LogP contribution in [0.1, 0.15) is 70.8 Å². The number of hydrogen-bond donors (Lipinski definition) is 0. The standard InChI is InChI=1S/C30H39FN4O/c1-21(24-12-11-23(19-25(24)31)34-15-8-9-16-34)18-28-32-26(20-27(33(28)4)30(3)13-14-30)29(36)35-17-7-5-6-10-22(35)2/h11-12,18-20,22H,1,5-10,13-17H2,2-4H3/b28-18-. The van der Waals surface area contributed by atoms with Gasteiger partial charge < -0.3 is 14.7 Å². The molecule has 5 nitrogen and oxygen atoms in total. The van der Waals surface area contributed by atoms with E-state index in [1.807, 2.05) is 36.2 Å². The van der Waals surface area contributed by atoms with E-state index in [0.717, 1.165) is 82.4 Å². The summed E-state index contributed by atoms with van der Waals surface area (Å²) in [4.78, 5) is 24.7. The summed E-state index contributed by atoms with van der Waals surface area (Å²) in [6.07, 6.45) is 12.7. The molecule has 1 aromatic rings.